The van der Waals surface area contributed by atoms with Crippen LogP contribution >= 0.6 is 0 Å². The third-order valence-corrected chi connectivity index (χ3v) is 7.37. The number of sulfonamides is 1. The lowest BCUT2D eigenvalue weighted by Gasteiger charge is -2.17. The number of nitrogens with one attached hydrogen (secondary N) is 1. The smallest absolute Gasteiger partial charge is 0.243 e. The fraction of sp³-hybridized carbons (Fsp3) is 0.435. The average molecular weight is 415 g/mol. The van der Waals surface area contributed by atoms with E-state index < -0.39 is 10.0 Å². The third kappa shape index (κ3) is 5.06. The summed E-state index contributed by atoms with van der Waals surface area (Å²) in [6.45, 7) is 7.43. The molecular weight excluding hydrogens is 384 g/mol. The van der Waals surface area contributed by atoms with Gasteiger partial charge in [-0.05, 0) is 60.9 Å². The van der Waals surface area contributed by atoms with Crippen molar-refractivity contribution in [2.75, 3.05) is 18.4 Å². The number of amides is 1. The summed E-state index contributed by atoms with van der Waals surface area (Å²) in [5.41, 5.74) is 4.05. The van der Waals surface area contributed by atoms with Crippen LogP contribution in [0.4, 0.5) is 5.69 Å². The van der Waals surface area contributed by atoms with Crippen LogP contribution in [0.2, 0.25) is 0 Å². The van der Waals surface area contributed by atoms with Crippen molar-refractivity contribution in [1.82, 2.24) is 4.31 Å². The van der Waals surface area contributed by atoms with E-state index in [2.05, 4.69) is 19.2 Å². The second-order valence-electron chi connectivity index (χ2n) is 8.00. The Morgan fingerprint density at radius 2 is 1.72 bits per heavy atom. The van der Waals surface area contributed by atoms with Crippen LogP contribution in [0, 0.1) is 6.92 Å². The lowest BCUT2D eigenvalue weighted by Crippen LogP contribution is -2.27. The molecular formula is C23H30N2O3S. The number of anilines is 1. The van der Waals surface area contributed by atoms with Crippen LogP contribution in [0.5, 0.6) is 0 Å². The summed E-state index contributed by atoms with van der Waals surface area (Å²) < 4.78 is 26.7. The van der Waals surface area contributed by atoms with Gasteiger partial charge < -0.3 is 5.32 Å². The maximum atomic E-state index is 12.6. The van der Waals surface area contributed by atoms with Gasteiger partial charge in [0.05, 0.1) is 4.90 Å². The molecule has 1 N–H and O–H groups in total. The van der Waals surface area contributed by atoms with Crippen LogP contribution in [-0.4, -0.2) is 31.7 Å². The highest BCUT2D eigenvalue weighted by molar-refractivity contribution is 7.89. The van der Waals surface area contributed by atoms with Crippen molar-refractivity contribution in [2.24, 2.45) is 0 Å². The molecule has 1 fully saturated rings. The molecule has 2 aromatic rings. The molecule has 0 aromatic heterocycles. The Balaban J connectivity index is 1.61. The van der Waals surface area contributed by atoms with Crippen LogP contribution in [0.25, 0.3) is 0 Å². The van der Waals surface area contributed by atoms with Gasteiger partial charge in [-0.25, -0.2) is 8.42 Å². The molecule has 1 aliphatic rings. The van der Waals surface area contributed by atoms with Crippen molar-refractivity contribution in [1.29, 1.82) is 0 Å². The summed E-state index contributed by atoms with van der Waals surface area (Å²) in [7, 11) is -3.39. The normalized spacial score (nSPS) is 15.0. The Morgan fingerprint density at radius 3 is 2.34 bits per heavy atom. The maximum Gasteiger partial charge on any atom is 0.243 e. The zero-order chi connectivity index (χ0) is 21.0. The van der Waals surface area contributed by atoms with Gasteiger partial charge in [-0.15, -0.1) is 0 Å². The SMILES string of the molecule is Cc1cccc(C(C)C)c1NC(=O)CCc1ccc(S(=O)(=O)N2CCCC2)cc1. The van der Waals surface area contributed by atoms with Gasteiger partial charge in [-0.3, -0.25) is 4.79 Å². The summed E-state index contributed by atoms with van der Waals surface area (Å²) in [6.07, 6.45) is 2.76. The zero-order valence-electron chi connectivity index (χ0n) is 17.4. The van der Waals surface area contributed by atoms with E-state index in [1.165, 1.54) is 0 Å². The molecule has 0 spiro atoms. The second-order valence-corrected chi connectivity index (χ2v) is 9.94. The van der Waals surface area contributed by atoms with E-state index in [0.717, 1.165) is 35.2 Å². The highest BCUT2D eigenvalue weighted by Gasteiger charge is 2.26. The van der Waals surface area contributed by atoms with Gasteiger partial charge in [0.1, 0.15) is 0 Å². The van der Waals surface area contributed by atoms with Crippen LogP contribution in [-0.2, 0) is 21.2 Å². The van der Waals surface area contributed by atoms with E-state index in [-0.39, 0.29) is 5.91 Å². The highest BCUT2D eigenvalue weighted by atomic mass is 32.2. The standard InChI is InChI=1S/C23H30N2O3S/c1-17(2)21-8-6-7-18(3)23(21)24-22(26)14-11-19-9-12-20(13-10-19)29(27,28)25-15-4-5-16-25/h6-10,12-13,17H,4-5,11,14-16H2,1-3H3,(H,24,26). The molecule has 5 nitrogen and oxygen atoms in total. The first-order valence-corrected chi connectivity index (χ1v) is 11.7. The molecule has 0 radical (unpaired) electrons. The number of carbonyl (C=O) groups is 1. The summed E-state index contributed by atoms with van der Waals surface area (Å²) in [5, 5.41) is 3.06. The zero-order valence-corrected chi connectivity index (χ0v) is 18.3. The number of carbonyl (C=O) groups excluding carboxylic acids is 1. The topological polar surface area (TPSA) is 66.5 Å². The molecule has 0 saturated carbocycles. The lowest BCUT2D eigenvalue weighted by atomic mass is 9.98. The van der Waals surface area contributed by atoms with Crippen molar-refractivity contribution in [2.45, 2.75) is 57.3 Å². The molecule has 0 bridgehead atoms. The second kappa shape index (κ2) is 9.09. The number of benzene rings is 2. The number of para-hydroxylation sites is 1. The minimum atomic E-state index is -3.39. The van der Waals surface area contributed by atoms with Crippen molar-refractivity contribution >= 4 is 21.6 Å². The summed E-state index contributed by atoms with van der Waals surface area (Å²) in [5.74, 6) is 0.297. The Hall–Kier alpha value is -2.18. The summed E-state index contributed by atoms with van der Waals surface area (Å²) in [4.78, 5) is 12.8. The Labute approximate surface area is 174 Å². The third-order valence-electron chi connectivity index (χ3n) is 5.46. The van der Waals surface area contributed by atoms with Gasteiger partial charge in [0.2, 0.25) is 15.9 Å². The molecule has 156 valence electrons. The molecule has 29 heavy (non-hydrogen) atoms. The highest BCUT2D eigenvalue weighted by Crippen LogP contribution is 2.27. The molecule has 0 unspecified atom stereocenters. The predicted octanol–water partition coefficient (Wildman–Crippen LogP) is 4.47. The molecule has 6 heteroatoms. The van der Waals surface area contributed by atoms with Crippen LogP contribution in [0.1, 0.15) is 55.7 Å². The van der Waals surface area contributed by atoms with Crippen molar-refractivity contribution in [3.8, 4) is 0 Å². The fourth-order valence-electron chi connectivity index (χ4n) is 3.71. The number of nitrogens with zero attached hydrogens (tertiary/aromatic N) is 1. The Bertz CT molecular complexity index is 960. The monoisotopic (exact) mass is 414 g/mol. The maximum absolute atomic E-state index is 12.6. The predicted molar refractivity (Wildman–Crippen MR) is 117 cm³/mol. The Morgan fingerprint density at radius 1 is 1.07 bits per heavy atom. The lowest BCUT2D eigenvalue weighted by molar-refractivity contribution is -0.116. The molecule has 3 rings (SSSR count). The van der Waals surface area contributed by atoms with Crippen LogP contribution in [0.3, 0.4) is 0 Å². The van der Waals surface area contributed by atoms with E-state index in [1.54, 1.807) is 16.4 Å². The van der Waals surface area contributed by atoms with Gasteiger partial charge in [-0.1, -0.05) is 44.2 Å². The van der Waals surface area contributed by atoms with Crippen molar-refractivity contribution in [3.63, 3.8) is 0 Å². The number of aryl methyl sites for hydroxylation is 2. The molecule has 0 aliphatic carbocycles. The van der Waals surface area contributed by atoms with Crippen LogP contribution in [0.15, 0.2) is 47.4 Å². The minimum Gasteiger partial charge on any atom is -0.326 e. The molecule has 1 saturated heterocycles. The molecule has 1 aliphatic heterocycles. The molecule has 0 atom stereocenters. The van der Waals surface area contributed by atoms with E-state index in [9.17, 15) is 13.2 Å². The summed E-state index contributed by atoms with van der Waals surface area (Å²) in [6, 6.07) is 13.0. The van der Waals surface area contributed by atoms with Gasteiger partial charge in [0.15, 0.2) is 0 Å². The first kappa shape index (κ1) is 21.5. The van der Waals surface area contributed by atoms with Crippen molar-refractivity contribution < 1.29 is 13.2 Å². The van der Waals surface area contributed by atoms with E-state index in [0.29, 0.717) is 36.7 Å². The number of hydrogen-bond acceptors (Lipinski definition) is 3. The molecule has 1 amide bonds. The summed E-state index contributed by atoms with van der Waals surface area (Å²) >= 11 is 0. The number of hydrogen-bond donors (Lipinski definition) is 1. The fourth-order valence-corrected chi connectivity index (χ4v) is 5.22. The van der Waals surface area contributed by atoms with Crippen molar-refractivity contribution in [3.05, 3.63) is 59.2 Å². The van der Waals surface area contributed by atoms with E-state index >= 15 is 0 Å². The van der Waals surface area contributed by atoms with Gasteiger partial charge in [0.25, 0.3) is 0 Å². The number of rotatable bonds is 7. The minimum absolute atomic E-state index is 0.0324. The Kier molecular flexibility index (Phi) is 6.75. The first-order chi connectivity index (χ1) is 13.8. The average Bonchev–Trinajstić information content (AvgIpc) is 3.24. The van der Waals surface area contributed by atoms with Gasteiger partial charge in [-0.2, -0.15) is 4.31 Å². The molecule has 2 aromatic carbocycles. The largest absolute Gasteiger partial charge is 0.326 e. The van der Waals surface area contributed by atoms with E-state index in [4.69, 9.17) is 0 Å². The van der Waals surface area contributed by atoms with Gasteiger partial charge >= 0.3 is 0 Å². The quantitative estimate of drug-likeness (QED) is 0.727. The van der Waals surface area contributed by atoms with Gasteiger partial charge in [0, 0.05) is 25.2 Å². The first-order valence-electron chi connectivity index (χ1n) is 10.3. The van der Waals surface area contributed by atoms with Crippen LogP contribution < -0.4 is 5.32 Å². The van der Waals surface area contributed by atoms with E-state index in [1.807, 2.05) is 37.3 Å². The molecule has 1 heterocycles.